The van der Waals surface area contributed by atoms with Crippen LogP contribution in [0.1, 0.15) is 54.7 Å². The number of benzene rings is 3. The van der Waals surface area contributed by atoms with Crippen molar-refractivity contribution in [1.29, 1.82) is 0 Å². The highest BCUT2D eigenvalue weighted by Crippen LogP contribution is 2.52. The lowest BCUT2D eigenvalue weighted by molar-refractivity contribution is -0.659. The predicted octanol–water partition coefficient (Wildman–Crippen LogP) is 7.61. The lowest BCUT2D eigenvalue weighted by Crippen LogP contribution is -2.32. The zero-order valence-electron chi connectivity index (χ0n) is 18.1. The summed E-state index contributed by atoms with van der Waals surface area (Å²) < 4.78 is 2.34. The second-order valence-corrected chi connectivity index (χ2v) is 10.2. The van der Waals surface area contributed by atoms with Gasteiger partial charge in [-0.1, -0.05) is 61.4 Å². The fraction of sp³-hybridized carbons (Fsp3) is 0.321. The molecule has 0 saturated heterocycles. The Kier molecular flexibility index (Phi) is 4.21. The topological polar surface area (TPSA) is 3.88 Å². The van der Waals surface area contributed by atoms with Crippen molar-refractivity contribution in [3.05, 3.63) is 65.4 Å². The number of pyridine rings is 1. The van der Waals surface area contributed by atoms with Gasteiger partial charge in [-0.3, -0.25) is 0 Å². The zero-order valence-corrected chi connectivity index (χ0v) is 18.9. The van der Waals surface area contributed by atoms with Crippen LogP contribution in [-0.2, 0) is 7.05 Å². The monoisotopic (exact) mass is 410 g/mol. The predicted molar refractivity (Wildman–Crippen MR) is 127 cm³/mol. The van der Waals surface area contributed by atoms with E-state index in [0.29, 0.717) is 0 Å². The first kappa shape index (κ1) is 18.4. The largest absolute Gasteiger partial charge is 0.222 e. The van der Waals surface area contributed by atoms with Crippen LogP contribution in [0.4, 0.5) is 0 Å². The molecule has 2 heteroatoms. The molecule has 30 heavy (non-hydrogen) atoms. The van der Waals surface area contributed by atoms with Gasteiger partial charge < -0.3 is 0 Å². The molecule has 1 aliphatic heterocycles. The Bertz CT molecular complexity index is 1330. The average molecular weight is 411 g/mol. The van der Waals surface area contributed by atoms with Gasteiger partial charge in [-0.2, -0.15) is 0 Å². The maximum Gasteiger partial charge on any atom is 0.222 e. The molecule has 2 aliphatic rings. The Labute approximate surface area is 183 Å². The minimum Gasteiger partial charge on any atom is -0.200 e. The Balaban J connectivity index is 1.68. The number of hydrogen-bond acceptors (Lipinski definition) is 1. The molecule has 0 bridgehead atoms. The van der Waals surface area contributed by atoms with Crippen molar-refractivity contribution < 1.29 is 4.57 Å². The number of fused-ring (bicyclic) bond motifs is 3. The maximum absolute atomic E-state index is 2.53. The van der Waals surface area contributed by atoms with Gasteiger partial charge in [-0.15, -0.1) is 0 Å². The highest BCUT2D eigenvalue weighted by atomic mass is 32.2. The van der Waals surface area contributed by atoms with E-state index in [9.17, 15) is 0 Å². The minimum atomic E-state index is 0.734. The number of aryl methyl sites for hydroxylation is 3. The summed E-state index contributed by atoms with van der Waals surface area (Å²) in [7, 11) is 2.21. The van der Waals surface area contributed by atoms with Crippen molar-refractivity contribution in [2.24, 2.45) is 7.05 Å². The molecule has 1 saturated carbocycles. The van der Waals surface area contributed by atoms with E-state index >= 15 is 0 Å². The summed E-state index contributed by atoms with van der Waals surface area (Å²) >= 11 is 2.00. The molecule has 0 amide bonds. The smallest absolute Gasteiger partial charge is 0.200 e. The summed E-state index contributed by atoms with van der Waals surface area (Å²) in [4.78, 5) is 2.90. The molecule has 0 N–H and O–H groups in total. The number of aromatic nitrogens is 1. The molecule has 1 aliphatic carbocycles. The van der Waals surface area contributed by atoms with Crippen LogP contribution in [-0.4, -0.2) is 0 Å². The highest BCUT2D eigenvalue weighted by Gasteiger charge is 2.31. The van der Waals surface area contributed by atoms with Crippen molar-refractivity contribution in [3.8, 4) is 11.3 Å². The number of hydrogen-bond donors (Lipinski definition) is 0. The van der Waals surface area contributed by atoms with Crippen molar-refractivity contribution in [3.63, 3.8) is 0 Å². The van der Waals surface area contributed by atoms with E-state index in [-0.39, 0.29) is 0 Å². The quantitative estimate of drug-likeness (QED) is 0.257. The fourth-order valence-electron chi connectivity index (χ4n) is 5.82. The average Bonchev–Trinajstić information content (AvgIpc) is 2.79. The summed E-state index contributed by atoms with van der Waals surface area (Å²) in [6.45, 7) is 4.62. The third kappa shape index (κ3) is 2.59. The van der Waals surface area contributed by atoms with Crippen molar-refractivity contribution in [2.45, 2.75) is 61.7 Å². The lowest BCUT2D eigenvalue weighted by atomic mass is 9.83. The second-order valence-electron chi connectivity index (χ2n) is 9.20. The zero-order chi connectivity index (χ0) is 20.4. The lowest BCUT2D eigenvalue weighted by Gasteiger charge is -2.26. The van der Waals surface area contributed by atoms with Gasteiger partial charge >= 0.3 is 0 Å². The normalized spacial score (nSPS) is 16.2. The van der Waals surface area contributed by atoms with E-state index in [1.165, 1.54) is 85.8 Å². The van der Waals surface area contributed by atoms with Gasteiger partial charge in [0.15, 0.2) is 6.20 Å². The van der Waals surface area contributed by atoms with Gasteiger partial charge in [0.2, 0.25) is 5.69 Å². The summed E-state index contributed by atoms with van der Waals surface area (Å²) in [5.74, 6) is 0.734. The van der Waals surface area contributed by atoms with Crippen LogP contribution in [0.15, 0.2) is 58.5 Å². The fourth-order valence-corrected chi connectivity index (χ4v) is 7.16. The molecule has 3 aromatic carbocycles. The van der Waals surface area contributed by atoms with Gasteiger partial charge in [-0.25, -0.2) is 4.57 Å². The number of nitrogens with zero attached hydrogens (tertiary/aromatic N) is 1. The van der Waals surface area contributed by atoms with E-state index in [4.69, 9.17) is 0 Å². The molecule has 4 aromatic rings. The molecular weight excluding hydrogens is 382 g/mol. The van der Waals surface area contributed by atoms with Gasteiger partial charge in [-0.05, 0) is 71.5 Å². The SMILES string of the molecule is Cc1c2c(c(C)c3ccccc13)-c1c3c(cc(C4CCCCC4)cc3cc[n+]1C)S2. The first-order valence-electron chi connectivity index (χ1n) is 11.3. The first-order chi connectivity index (χ1) is 14.6. The Morgan fingerprint density at radius 3 is 2.40 bits per heavy atom. The van der Waals surface area contributed by atoms with Gasteiger partial charge in [0.05, 0.1) is 10.9 Å². The van der Waals surface area contributed by atoms with Crippen LogP contribution in [0.5, 0.6) is 0 Å². The van der Waals surface area contributed by atoms with Gasteiger partial charge in [0, 0.05) is 15.9 Å². The van der Waals surface area contributed by atoms with E-state index < -0.39 is 0 Å². The molecule has 0 atom stereocenters. The van der Waals surface area contributed by atoms with Crippen LogP contribution in [0.25, 0.3) is 32.8 Å². The van der Waals surface area contributed by atoms with Crippen molar-refractivity contribution >= 4 is 33.3 Å². The van der Waals surface area contributed by atoms with E-state index in [0.717, 1.165) is 5.92 Å². The van der Waals surface area contributed by atoms with E-state index in [2.05, 4.69) is 74.1 Å². The first-order valence-corrected chi connectivity index (χ1v) is 12.1. The summed E-state index contributed by atoms with van der Waals surface area (Å²) in [6.07, 6.45) is 9.13. The summed E-state index contributed by atoms with van der Waals surface area (Å²) in [5.41, 5.74) is 7.20. The number of rotatable bonds is 1. The highest BCUT2D eigenvalue weighted by molar-refractivity contribution is 7.99. The molecule has 1 fully saturated rings. The minimum absolute atomic E-state index is 0.734. The third-order valence-corrected chi connectivity index (χ3v) is 8.68. The van der Waals surface area contributed by atoms with Crippen LogP contribution in [0, 0.1) is 13.8 Å². The maximum atomic E-state index is 2.53. The van der Waals surface area contributed by atoms with Crippen molar-refractivity contribution in [2.75, 3.05) is 0 Å². The van der Waals surface area contributed by atoms with Crippen LogP contribution >= 0.6 is 11.8 Å². The molecular formula is C28H28NS+. The molecule has 0 spiro atoms. The molecule has 0 unspecified atom stereocenters. The molecule has 0 radical (unpaired) electrons. The molecule has 1 nitrogen and oxygen atoms in total. The second kappa shape index (κ2) is 6.85. The Morgan fingerprint density at radius 1 is 0.900 bits per heavy atom. The molecule has 1 aromatic heterocycles. The Hall–Kier alpha value is -2.32. The molecule has 2 heterocycles. The summed E-state index contributed by atoms with van der Waals surface area (Å²) in [6, 6.07) is 16.3. The Morgan fingerprint density at radius 2 is 1.63 bits per heavy atom. The van der Waals surface area contributed by atoms with E-state index in [1.54, 1.807) is 5.56 Å². The van der Waals surface area contributed by atoms with Gasteiger partial charge in [0.25, 0.3) is 0 Å². The van der Waals surface area contributed by atoms with Crippen LogP contribution in [0.3, 0.4) is 0 Å². The van der Waals surface area contributed by atoms with Crippen LogP contribution < -0.4 is 4.57 Å². The molecule has 150 valence electrons. The standard InChI is InChI=1S/C28H28NS/c1-17-22-11-7-8-12-23(22)18(2)28-25(17)27-26-20(13-14-29(27)3)15-21(16-24(26)30-28)19-9-5-4-6-10-19/h7-8,11-16,19H,4-6,9-10H2,1-3H3/q+1. The summed E-state index contributed by atoms with van der Waals surface area (Å²) in [5, 5.41) is 5.62. The van der Waals surface area contributed by atoms with Gasteiger partial charge in [0.1, 0.15) is 7.05 Å². The molecule has 6 rings (SSSR count). The van der Waals surface area contributed by atoms with Crippen molar-refractivity contribution in [1.82, 2.24) is 0 Å². The van der Waals surface area contributed by atoms with Crippen LogP contribution in [0.2, 0.25) is 0 Å². The third-order valence-electron chi connectivity index (χ3n) is 7.43. The van der Waals surface area contributed by atoms with E-state index in [1.807, 2.05) is 11.8 Å².